The third kappa shape index (κ3) is 5.16. The van der Waals surface area contributed by atoms with Crippen molar-refractivity contribution in [3.8, 4) is 0 Å². The van der Waals surface area contributed by atoms with Gasteiger partial charge < -0.3 is 15.5 Å². The van der Waals surface area contributed by atoms with Crippen LogP contribution in [0.4, 0.5) is 5.69 Å². The minimum Gasteiger partial charge on any atom is -0.362 e. The second-order valence-electron chi connectivity index (χ2n) is 5.25. The first-order valence-corrected chi connectivity index (χ1v) is 9.99. The van der Waals surface area contributed by atoms with E-state index in [-0.39, 0.29) is 0 Å². The Bertz CT molecular complexity index is 407. The van der Waals surface area contributed by atoms with Gasteiger partial charge >= 0.3 is 0 Å². The van der Waals surface area contributed by atoms with E-state index in [1.165, 1.54) is 6.21 Å². The van der Waals surface area contributed by atoms with E-state index < -0.39 is 8.07 Å². The van der Waals surface area contributed by atoms with E-state index in [0.29, 0.717) is 17.4 Å². The van der Waals surface area contributed by atoms with Gasteiger partial charge in [0.15, 0.2) is 0 Å². The SMILES string of the molecule is C[Si](C)(C)CCOCNc1ccnc(Cl)c1C=N. The van der Waals surface area contributed by atoms with E-state index in [1.54, 1.807) is 12.3 Å². The molecule has 0 bridgehead atoms. The van der Waals surface area contributed by atoms with Crippen LogP contribution >= 0.6 is 11.6 Å². The number of rotatable bonds is 7. The molecule has 4 nitrogen and oxygen atoms in total. The highest BCUT2D eigenvalue weighted by molar-refractivity contribution is 6.76. The zero-order valence-electron chi connectivity index (χ0n) is 11.1. The lowest BCUT2D eigenvalue weighted by Crippen LogP contribution is -2.22. The lowest BCUT2D eigenvalue weighted by molar-refractivity contribution is 0.166. The van der Waals surface area contributed by atoms with Gasteiger partial charge in [-0.1, -0.05) is 31.2 Å². The number of nitrogens with one attached hydrogen (secondary N) is 2. The topological polar surface area (TPSA) is 58.0 Å². The van der Waals surface area contributed by atoms with E-state index in [0.717, 1.165) is 18.3 Å². The van der Waals surface area contributed by atoms with Crippen molar-refractivity contribution in [1.29, 1.82) is 5.41 Å². The first-order chi connectivity index (χ1) is 8.44. The number of halogens is 1. The van der Waals surface area contributed by atoms with Gasteiger partial charge in [0.05, 0.1) is 5.56 Å². The van der Waals surface area contributed by atoms with Crippen molar-refractivity contribution in [2.45, 2.75) is 25.7 Å². The molecule has 0 aromatic carbocycles. The average Bonchev–Trinajstić information content (AvgIpc) is 2.27. The summed E-state index contributed by atoms with van der Waals surface area (Å²) in [6.07, 6.45) is 2.81. The number of hydrogen-bond donors (Lipinski definition) is 2. The molecule has 0 aliphatic rings. The average molecular weight is 286 g/mol. The molecule has 0 fully saturated rings. The fourth-order valence-corrected chi connectivity index (χ4v) is 2.29. The fourth-order valence-electron chi connectivity index (χ4n) is 1.32. The van der Waals surface area contributed by atoms with Crippen molar-refractivity contribution in [1.82, 2.24) is 4.98 Å². The maximum atomic E-state index is 7.30. The predicted molar refractivity (Wildman–Crippen MR) is 79.7 cm³/mol. The summed E-state index contributed by atoms with van der Waals surface area (Å²) >= 11 is 5.89. The van der Waals surface area contributed by atoms with Gasteiger partial charge in [0, 0.05) is 32.8 Å². The van der Waals surface area contributed by atoms with Gasteiger partial charge in [0.25, 0.3) is 0 Å². The van der Waals surface area contributed by atoms with Crippen LogP contribution in [0.3, 0.4) is 0 Å². The lowest BCUT2D eigenvalue weighted by Gasteiger charge is -2.16. The minimum atomic E-state index is -1.03. The second kappa shape index (κ2) is 6.87. The Labute approximate surface area is 114 Å². The summed E-state index contributed by atoms with van der Waals surface area (Å²) in [6.45, 7) is 8.14. The molecule has 0 saturated heterocycles. The molecular formula is C12H20ClN3OSi. The van der Waals surface area contributed by atoms with Gasteiger partial charge in [-0.15, -0.1) is 0 Å². The van der Waals surface area contributed by atoms with Crippen molar-refractivity contribution in [2.24, 2.45) is 0 Å². The van der Waals surface area contributed by atoms with Crippen LogP contribution in [0.5, 0.6) is 0 Å². The minimum absolute atomic E-state index is 0.331. The Balaban J connectivity index is 2.40. The highest BCUT2D eigenvalue weighted by Crippen LogP contribution is 2.19. The Morgan fingerprint density at radius 3 is 2.83 bits per heavy atom. The normalized spacial score (nSPS) is 11.3. The highest BCUT2D eigenvalue weighted by Gasteiger charge is 2.12. The molecule has 0 aliphatic heterocycles. The van der Waals surface area contributed by atoms with Gasteiger partial charge in [-0.3, -0.25) is 0 Å². The number of hydrogen-bond acceptors (Lipinski definition) is 4. The van der Waals surface area contributed by atoms with Crippen molar-refractivity contribution in [3.05, 3.63) is 23.0 Å². The summed E-state index contributed by atoms with van der Waals surface area (Å²) in [4.78, 5) is 3.93. The lowest BCUT2D eigenvalue weighted by atomic mass is 10.2. The molecule has 18 heavy (non-hydrogen) atoms. The Morgan fingerprint density at radius 1 is 1.50 bits per heavy atom. The zero-order chi connectivity index (χ0) is 13.6. The van der Waals surface area contributed by atoms with Crippen LogP contribution in [-0.4, -0.2) is 32.6 Å². The molecule has 0 atom stereocenters. The van der Waals surface area contributed by atoms with Gasteiger partial charge in [0.2, 0.25) is 0 Å². The standard InChI is InChI=1S/C12H20ClN3OSi/c1-18(2,3)7-6-17-9-16-11-4-5-15-12(13)10(11)8-14/h4-5,8,14H,6-7,9H2,1-3H3,(H,15,16). The summed E-state index contributed by atoms with van der Waals surface area (Å²) in [7, 11) is -1.03. The molecule has 1 aromatic heterocycles. The third-order valence-electron chi connectivity index (χ3n) is 2.45. The van der Waals surface area contributed by atoms with Crippen LogP contribution in [0.15, 0.2) is 12.3 Å². The molecule has 0 radical (unpaired) electrons. The van der Waals surface area contributed by atoms with Crippen LogP contribution in [0.25, 0.3) is 0 Å². The molecule has 100 valence electrons. The third-order valence-corrected chi connectivity index (χ3v) is 4.45. The van der Waals surface area contributed by atoms with Gasteiger partial charge in [-0.25, -0.2) is 4.98 Å². The van der Waals surface area contributed by atoms with E-state index >= 15 is 0 Å². The quantitative estimate of drug-likeness (QED) is 0.265. The van der Waals surface area contributed by atoms with Crippen molar-refractivity contribution in [3.63, 3.8) is 0 Å². The van der Waals surface area contributed by atoms with Crippen molar-refractivity contribution in [2.75, 3.05) is 18.7 Å². The monoisotopic (exact) mass is 285 g/mol. The number of pyridine rings is 1. The van der Waals surface area contributed by atoms with Gasteiger partial charge in [0.1, 0.15) is 11.9 Å². The molecule has 2 N–H and O–H groups in total. The van der Waals surface area contributed by atoms with Gasteiger partial charge in [-0.2, -0.15) is 0 Å². The Hall–Kier alpha value is -0.913. The summed E-state index contributed by atoms with van der Waals surface area (Å²) < 4.78 is 5.54. The van der Waals surface area contributed by atoms with Crippen LogP contribution < -0.4 is 5.32 Å². The van der Waals surface area contributed by atoms with Gasteiger partial charge in [-0.05, 0) is 12.1 Å². The molecule has 6 heteroatoms. The molecule has 1 aromatic rings. The number of ether oxygens (including phenoxy) is 1. The largest absolute Gasteiger partial charge is 0.362 e. The smallest absolute Gasteiger partial charge is 0.139 e. The van der Waals surface area contributed by atoms with Crippen LogP contribution in [0.1, 0.15) is 5.56 Å². The maximum absolute atomic E-state index is 7.30. The van der Waals surface area contributed by atoms with E-state index in [9.17, 15) is 0 Å². The summed E-state index contributed by atoms with van der Waals surface area (Å²) in [6, 6.07) is 2.93. The molecule has 0 amide bonds. The van der Waals surface area contributed by atoms with Crippen molar-refractivity contribution >= 4 is 31.6 Å². The second-order valence-corrected chi connectivity index (χ2v) is 11.2. The van der Waals surface area contributed by atoms with Crippen LogP contribution in [-0.2, 0) is 4.74 Å². The first kappa shape index (κ1) is 15.1. The number of anilines is 1. The predicted octanol–water partition coefficient (Wildman–Crippen LogP) is 3.46. The molecule has 0 aliphatic carbocycles. The van der Waals surface area contributed by atoms with E-state index in [4.69, 9.17) is 21.7 Å². The van der Waals surface area contributed by atoms with E-state index in [1.807, 2.05) is 0 Å². The first-order valence-electron chi connectivity index (χ1n) is 5.90. The summed E-state index contributed by atoms with van der Waals surface area (Å²) in [5.74, 6) is 0. The molecule has 1 heterocycles. The Morgan fingerprint density at radius 2 is 2.22 bits per heavy atom. The highest BCUT2D eigenvalue weighted by atomic mass is 35.5. The number of aromatic nitrogens is 1. The zero-order valence-corrected chi connectivity index (χ0v) is 12.8. The Kier molecular flexibility index (Phi) is 5.78. The van der Waals surface area contributed by atoms with Crippen LogP contribution in [0, 0.1) is 5.41 Å². The molecule has 1 rings (SSSR count). The summed E-state index contributed by atoms with van der Waals surface area (Å²) in [5.41, 5.74) is 1.37. The molecule has 0 spiro atoms. The van der Waals surface area contributed by atoms with Crippen LogP contribution in [0.2, 0.25) is 30.8 Å². The summed E-state index contributed by atoms with van der Waals surface area (Å²) in [5, 5.41) is 10.7. The molecule has 0 unspecified atom stereocenters. The van der Waals surface area contributed by atoms with Crippen molar-refractivity contribution < 1.29 is 4.74 Å². The molecular weight excluding hydrogens is 266 g/mol. The number of nitrogens with zero attached hydrogens (tertiary/aromatic N) is 1. The fraction of sp³-hybridized carbons (Fsp3) is 0.500. The molecule has 0 saturated carbocycles. The van der Waals surface area contributed by atoms with E-state index in [2.05, 4.69) is 29.9 Å². The maximum Gasteiger partial charge on any atom is 0.139 e.